The SMILES string of the molecule is Cc1cnn(C[C@H]2CCCN2C[C@H](O)c2ccc(F)cc2)c1. The zero-order chi connectivity index (χ0) is 15.5. The second-order valence-electron chi connectivity index (χ2n) is 6.10. The number of hydrogen-bond donors (Lipinski definition) is 1. The van der Waals surface area contributed by atoms with E-state index in [1.165, 1.54) is 12.1 Å². The molecule has 1 fully saturated rings. The van der Waals surface area contributed by atoms with Crippen LogP contribution in [0.4, 0.5) is 4.39 Å². The Bertz CT molecular complexity index is 611. The lowest BCUT2D eigenvalue weighted by atomic mass is 10.1. The molecule has 0 spiro atoms. The third-order valence-electron chi connectivity index (χ3n) is 4.32. The Kier molecular flexibility index (Phi) is 4.55. The quantitative estimate of drug-likeness (QED) is 0.923. The Morgan fingerprint density at radius 3 is 2.82 bits per heavy atom. The molecule has 1 N–H and O–H groups in total. The molecule has 0 bridgehead atoms. The molecule has 2 atom stereocenters. The van der Waals surface area contributed by atoms with E-state index in [2.05, 4.69) is 10.00 Å². The number of likely N-dealkylation sites (tertiary alicyclic amines) is 1. The summed E-state index contributed by atoms with van der Waals surface area (Å²) in [7, 11) is 0. The first kappa shape index (κ1) is 15.2. The van der Waals surface area contributed by atoms with Gasteiger partial charge in [-0.15, -0.1) is 0 Å². The maximum absolute atomic E-state index is 13.0. The molecule has 1 aliphatic rings. The molecule has 1 saturated heterocycles. The van der Waals surface area contributed by atoms with Gasteiger partial charge in [-0.2, -0.15) is 5.10 Å². The number of β-amino-alcohol motifs (C(OH)–C–C–N with tert-alkyl or cyclic N) is 1. The van der Waals surface area contributed by atoms with Crippen molar-refractivity contribution in [1.29, 1.82) is 0 Å². The summed E-state index contributed by atoms with van der Waals surface area (Å²) in [6.45, 7) is 4.46. The van der Waals surface area contributed by atoms with Crippen molar-refractivity contribution < 1.29 is 9.50 Å². The first-order valence-corrected chi connectivity index (χ1v) is 7.78. The molecule has 118 valence electrons. The molecular formula is C17H22FN3O. The molecular weight excluding hydrogens is 281 g/mol. The molecule has 4 nitrogen and oxygen atoms in total. The van der Waals surface area contributed by atoms with E-state index in [1.54, 1.807) is 12.1 Å². The number of nitrogens with zero attached hydrogens (tertiary/aromatic N) is 3. The largest absolute Gasteiger partial charge is 0.387 e. The van der Waals surface area contributed by atoms with E-state index in [1.807, 2.05) is 24.0 Å². The van der Waals surface area contributed by atoms with Gasteiger partial charge >= 0.3 is 0 Å². The Balaban J connectivity index is 1.61. The van der Waals surface area contributed by atoms with Crippen LogP contribution in [0.25, 0.3) is 0 Å². The summed E-state index contributed by atoms with van der Waals surface area (Å²) < 4.78 is 14.9. The van der Waals surface area contributed by atoms with Crippen LogP contribution in [0, 0.1) is 12.7 Å². The number of rotatable bonds is 5. The van der Waals surface area contributed by atoms with Crippen molar-refractivity contribution in [2.24, 2.45) is 0 Å². The van der Waals surface area contributed by atoms with E-state index in [4.69, 9.17) is 0 Å². The van der Waals surface area contributed by atoms with Crippen LogP contribution in [0.3, 0.4) is 0 Å². The molecule has 5 heteroatoms. The van der Waals surface area contributed by atoms with Gasteiger partial charge in [-0.25, -0.2) is 4.39 Å². The van der Waals surface area contributed by atoms with Crippen LogP contribution in [-0.4, -0.2) is 38.9 Å². The van der Waals surface area contributed by atoms with Crippen molar-refractivity contribution >= 4 is 0 Å². The maximum Gasteiger partial charge on any atom is 0.123 e. The second kappa shape index (κ2) is 6.58. The van der Waals surface area contributed by atoms with Crippen LogP contribution in [0.15, 0.2) is 36.7 Å². The number of aliphatic hydroxyl groups is 1. The van der Waals surface area contributed by atoms with E-state index in [9.17, 15) is 9.50 Å². The smallest absolute Gasteiger partial charge is 0.123 e. The third-order valence-corrected chi connectivity index (χ3v) is 4.32. The molecule has 0 amide bonds. The molecule has 0 radical (unpaired) electrons. The first-order valence-electron chi connectivity index (χ1n) is 7.78. The van der Waals surface area contributed by atoms with Gasteiger partial charge in [0.25, 0.3) is 0 Å². The lowest BCUT2D eigenvalue weighted by molar-refractivity contribution is 0.100. The van der Waals surface area contributed by atoms with Crippen LogP contribution < -0.4 is 0 Å². The van der Waals surface area contributed by atoms with Crippen LogP contribution in [0.1, 0.15) is 30.1 Å². The standard InChI is InChI=1S/C17H22FN3O/c1-13-9-19-21(10-13)11-16-3-2-8-20(16)12-17(22)14-4-6-15(18)7-5-14/h4-7,9-10,16-17,22H,2-3,8,11-12H2,1H3/t16-,17+/m1/s1. The molecule has 2 heterocycles. The van der Waals surface area contributed by atoms with Crippen molar-refractivity contribution in [2.75, 3.05) is 13.1 Å². The first-order chi connectivity index (χ1) is 10.6. The number of aliphatic hydroxyl groups excluding tert-OH is 1. The van der Waals surface area contributed by atoms with E-state index in [0.29, 0.717) is 12.6 Å². The van der Waals surface area contributed by atoms with E-state index in [0.717, 1.165) is 37.1 Å². The zero-order valence-electron chi connectivity index (χ0n) is 12.8. The van der Waals surface area contributed by atoms with Gasteiger partial charge in [-0.3, -0.25) is 9.58 Å². The number of halogens is 1. The Morgan fingerprint density at radius 1 is 1.36 bits per heavy atom. The number of aromatic nitrogens is 2. The van der Waals surface area contributed by atoms with Crippen LogP contribution >= 0.6 is 0 Å². The minimum Gasteiger partial charge on any atom is -0.387 e. The van der Waals surface area contributed by atoms with E-state index in [-0.39, 0.29) is 5.82 Å². The fourth-order valence-corrected chi connectivity index (χ4v) is 3.14. The molecule has 2 aromatic rings. The van der Waals surface area contributed by atoms with E-state index >= 15 is 0 Å². The molecule has 0 saturated carbocycles. The van der Waals surface area contributed by atoms with Gasteiger partial charge < -0.3 is 5.11 Å². The summed E-state index contributed by atoms with van der Waals surface area (Å²) in [6.07, 6.45) is 5.59. The third kappa shape index (κ3) is 3.54. The lowest BCUT2D eigenvalue weighted by Crippen LogP contribution is -2.36. The molecule has 1 aliphatic heterocycles. The highest BCUT2D eigenvalue weighted by molar-refractivity contribution is 5.18. The van der Waals surface area contributed by atoms with Gasteiger partial charge in [0, 0.05) is 18.8 Å². The predicted molar refractivity (Wildman–Crippen MR) is 82.9 cm³/mol. The van der Waals surface area contributed by atoms with Gasteiger partial charge in [0.2, 0.25) is 0 Å². The van der Waals surface area contributed by atoms with Gasteiger partial charge in [-0.05, 0) is 49.6 Å². The molecule has 1 aromatic carbocycles. The maximum atomic E-state index is 13.0. The summed E-state index contributed by atoms with van der Waals surface area (Å²) in [5, 5.41) is 14.7. The molecule has 22 heavy (non-hydrogen) atoms. The van der Waals surface area contributed by atoms with Crippen molar-refractivity contribution in [3.63, 3.8) is 0 Å². The normalized spacial score (nSPS) is 20.4. The summed E-state index contributed by atoms with van der Waals surface area (Å²) in [6, 6.07) is 6.50. The van der Waals surface area contributed by atoms with Crippen molar-refractivity contribution in [1.82, 2.24) is 14.7 Å². The summed E-state index contributed by atoms with van der Waals surface area (Å²) in [4.78, 5) is 2.31. The highest BCUT2D eigenvalue weighted by atomic mass is 19.1. The van der Waals surface area contributed by atoms with Crippen molar-refractivity contribution in [3.05, 3.63) is 53.6 Å². The molecule has 0 unspecified atom stereocenters. The molecule has 3 rings (SSSR count). The Morgan fingerprint density at radius 2 is 2.14 bits per heavy atom. The molecule has 0 aliphatic carbocycles. The van der Waals surface area contributed by atoms with Crippen LogP contribution in [0.2, 0.25) is 0 Å². The van der Waals surface area contributed by atoms with Gasteiger partial charge in [0.05, 0.1) is 18.8 Å². The zero-order valence-corrected chi connectivity index (χ0v) is 12.8. The van der Waals surface area contributed by atoms with Crippen molar-refractivity contribution in [2.45, 2.75) is 38.5 Å². The topological polar surface area (TPSA) is 41.3 Å². The summed E-state index contributed by atoms with van der Waals surface area (Å²) >= 11 is 0. The predicted octanol–water partition coefficient (Wildman–Crippen LogP) is 2.53. The summed E-state index contributed by atoms with van der Waals surface area (Å²) in [5.74, 6) is -0.274. The minimum atomic E-state index is -0.583. The highest BCUT2D eigenvalue weighted by Gasteiger charge is 2.27. The highest BCUT2D eigenvalue weighted by Crippen LogP contribution is 2.23. The lowest BCUT2D eigenvalue weighted by Gasteiger charge is -2.27. The molecule has 1 aromatic heterocycles. The second-order valence-corrected chi connectivity index (χ2v) is 6.10. The number of hydrogen-bond acceptors (Lipinski definition) is 3. The van der Waals surface area contributed by atoms with Crippen LogP contribution in [0.5, 0.6) is 0 Å². The van der Waals surface area contributed by atoms with Gasteiger partial charge in [-0.1, -0.05) is 12.1 Å². The monoisotopic (exact) mass is 303 g/mol. The average Bonchev–Trinajstić information content (AvgIpc) is 3.10. The number of aryl methyl sites for hydroxylation is 1. The van der Waals surface area contributed by atoms with E-state index < -0.39 is 6.10 Å². The average molecular weight is 303 g/mol. The number of benzene rings is 1. The van der Waals surface area contributed by atoms with Crippen molar-refractivity contribution in [3.8, 4) is 0 Å². The summed E-state index contributed by atoms with van der Waals surface area (Å²) in [5.41, 5.74) is 1.93. The Labute approximate surface area is 130 Å². The fraction of sp³-hybridized carbons (Fsp3) is 0.471. The van der Waals surface area contributed by atoms with Crippen LogP contribution in [-0.2, 0) is 6.54 Å². The Hall–Kier alpha value is -1.72. The van der Waals surface area contributed by atoms with Gasteiger partial charge in [0.15, 0.2) is 0 Å². The minimum absolute atomic E-state index is 0.274. The fourth-order valence-electron chi connectivity index (χ4n) is 3.14. The van der Waals surface area contributed by atoms with Gasteiger partial charge in [0.1, 0.15) is 5.82 Å².